The van der Waals surface area contributed by atoms with Gasteiger partial charge in [-0.3, -0.25) is 9.59 Å². The first-order valence-electron chi connectivity index (χ1n) is 12.7. The predicted octanol–water partition coefficient (Wildman–Crippen LogP) is 4.55. The quantitative estimate of drug-likeness (QED) is 0.650. The van der Waals surface area contributed by atoms with E-state index in [0.29, 0.717) is 18.2 Å². The number of benzene rings is 1. The molecule has 1 aromatic heterocycles. The number of likely N-dealkylation sites (N-methyl/N-ethyl adjacent to an activating group) is 1. The third-order valence-electron chi connectivity index (χ3n) is 7.19. The van der Waals surface area contributed by atoms with Gasteiger partial charge in [-0.2, -0.15) is 0 Å². The van der Waals surface area contributed by atoms with Crippen LogP contribution in [0.2, 0.25) is 0 Å². The molecule has 1 N–H and O–H groups in total. The summed E-state index contributed by atoms with van der Waals surface area (Å²) in [5, 5.41) is 2.94. The number of nitrogens with zero attached hydrogens (tertiary/aromatic N) is 3. The van der Waals surface area contributed by atoms with Crippen LogP contribution >= 0.6 is 0 Å². The second kappa shape index (κ2) is 11.1. The van der Waals surface area contributed by atoms with E-state index in [4.69, 9.17) is 4.74 Å². The number of aryl methyl sites for hydroxylation is 1. The molecule has 184 valence electrons. The van der Waals surface area contributed by atoms with Crippen LogP contribution < -0.4 is 10.2 Å². The fraction of sp³-hybridized carbons (Fsp3) is 0.556. The Labute approximate surface area is 203 Å². The fourth-order valence-electron chi connectivity index (χ4n) is 5.34. The van der Waals surface area contributed by atoms with E-state index in [1.807, 2.05) is 44.2 Å². The molecule has 4 rings (SSSR count). The normalized spacial score (nSPS) is 17.0. The highest BCUT2D eigenvalue weighted by atomic mass is 16.5. The maximum atomic E-state index is 13.4. The highest BCUT2D eigenvalue weighted by Gasteiger charge is 2.25. The Morgan fingerprint density at radius 3 is 2.38 bits per heavy atom. The first-order chi connectivity index (χ1) is 16.5. The Bertz CT molecular complexity index is 986. The summed E-state index contributed by atoms with van der Waals surface area (Å²) in [5.41, 5.74) is 4.73. The van der Waals surface area contributed by atoms with E-state index in [9.17, 15) is 9.59 Å². The summed E-state index contributed by atoms with van der Waals surface area (Å²) in [6.07, 6.45) is 6.15. The van der Waals surface area contributed by atoms with Crippen molar-refractivity contribution in [1.29, 1.82) is 0 Å². The molecule has 7 nitrogen and oxygen atoms in total. The first-order valence-corrected chi connectivity index (χ1v) is 12.7. The SMILES string of the molecule is CCN(CC(=O)Nc1ccc(N2CCOCC2)cc1)C(=O)c1cc(C)n(C2CCCCC2)c1C. The van der Waals surface area contributed by atoms with Crippen molar-refractivity contribution in [2.45, 2.75) is 58.9 Å². The van der Waals surface area contributed by atoms with Gasteiger partial charge in [0.25, 0.3) is 5.91 Å². The average molecular weight is 467 g/mol. The van der Waals surface area contributed by atoms with E-state index in [-0.39, 0.29) is 18.4 Å². The Morgan fingerprint density at radius 2 is 1.74 bits per heavy atom. The topological polar surface area (TPSA) is 66.8 Å². The third-order valence-corrected chi connectivity index (χ3v) is 7.19. The van der Waals surface area contributed by atoms with Crippen LogP contribution in [0.1, 0.15) is 66.8 Å². The molecule has 0 spiro atoms. The Morgan fingerprint density at radius 1 is 1.06 bits per heavy atom. The number of amides is 2. The summed E-state index contributed by atoms with van der Waals surface area (Å²) in [6, 6.07) is 10.3. The smallest absolute Gasteiger partial charge is 0.256 e. The number of rotatable bonds is 7. The van der Waals surface area contributed by atoms with Crippen molar-refractivity contribution in [3.63, 3.8) is 0 Å². The Balaban J connectivity index is 1.39. The van der Waals surface area contributed by atoms with Crippen LogP contribution in [0.3, 0.4) is 0 Å². The zero-order valence-electron chi connectivity index (χ0n) is 20.8. The van der Waals surface area contributed by atoms with Gasteiger partial charge in [0.1, 0.15) is 6.54 Å². The molecule has 0 bridgehead atoms. The average Bonchev–Trinajstić information content (AvgIpc) is 3.17. The van der Waals surface area contributed by atoms with Crippen LogP contribution in [0.4, 0.5) is 11.4 Å². The third kappa shape index (κ3) is 5.46. The molecule has 2 aromatic rings. The summed E-state index contributed by atoms with van der Waals surface area (Å²) >= 11 is 0. The molecular weight excluding hydrogens is 428 g/mol. The molecule has 1 saturated heterocycles. The largest absolute Gasteiger partial charge is 0.378 e. The molecule has 7 heteroatoms. The molecule has 1 aliphatic carbocycles. The van der Waals surface area contributed by atoms with Crippen molar-refractivity contribution >= 4 is 23.2 Å². The van der Waals surface area contributed by atoms with Gasteiger partial charge in [0.2, 0.25) is 5.91 Å². The zero-order chi connectivity index (χ0) is 24.1. The summed E-state index contributed by atoms with van der Waals surface area (Å²) in [6.45, 7) is 9.79. The molecule has 0 radical (unpaired) electrons. The van der Waals surface area contributed by atoms with Gasteiger partial charge in [-0.05, 0) is 63.9 Å². The lowest BCUT2D eigenvalue weighted by Crippen LogP contribution is -2.38. The van der Waals surface area contributed by atoms with Crippen molar-refractivity contribution in [3.05, 3.63) is 47.3 Å². The van der Waals surface area contributed by atoms with Gasteiger partial charge in [-0.1, -0.05) is 19.3 Å². The van der Waals surface area contributed by atoms with E-state index >= 15 is 0 Å². The van der Waals surface area contributed by atoms with Crippen molar-refractivity contribution in [3.8, 4) is 0 Å². The van der Waals surface area contributed by atoms with Crippen molar-refractivity contribution < 1.29 is 14.3 Å². The van der Waals surface area contributed by atoms with Crippen LogP contribution in [0.25, 0.3) is 0 Å². The monoisotopic (exact) mass is 466 g/mol. The fourth-order valence-corrected chi connectivity index (χ4v) is 5.34. The van der Waals surface area contributed by atoms with E-state index in [2.05, 4.69) is 21.7 Å². The lowest BCUT2D eigenvalue weighted by molar-refractivity contribution is -0.116. The number of hydrogen-bond acceptors (Lipinski definition) is 4. The van der Waals surface area contributed by atoms with Crippen molar-refractivity contribution in [2.24, 2.45) is 0 Å². The highest BCUT2D eigenvalue weighted by molar-refractivity contribution is 6.00. The van der Waals surface area contributed by atoms with Crippen LogP contribution in [0.15, 0.2) is 30.3 Å². The number of nitrogens with one attached hydrogen (secondary N) is 1. The minimum absolute atomic E-state index is 0.0354. The summed E-state index contributed by atoms with van der Waals surface area (Å²) < 4.78 is 7.75. The standard InChI is InChI=1S/C27H38N4O3/c1-4-29(27(33)25-18-20(2)31(21(25)3)24-8-6-5-7-9-24)19-26(32)28-22-10-12-23(13-11-22)30-14-16-34-17-15-30/h10-13,18,24H,4-9,14-17,19H2,1-3H3,(H,28,32). The van der Waals surface area contributed by atoms with Crippen LogP contribution in [-0.4, -0.2) is 60.7 Å². The zero-order valence-corrected chi connectivity index (χ0v) is 20.8. The molecule has 0 unspecified atom stereocenters. The lowest BCUT2D eigenvalue weighted by Gasteiger charge is -2.29. The Kier molecular flexibility index (Phi) is 7.93. The highest BCUT2D eigenvalue weighted by Crippen LogP contribution is 2.32. The van der Waals surface area contributed by atoms with Gasteiger partial charge < -0.3 is 24.4 Å². The second-order valence-electron chi connectivity index (χ2n) is 9.46. The molecule has 2 fully saturated rings. The van der Waals surface area contributed by atoms with Gasteiger partial charge >= 0.3 is 0 Å². The molecule has 34 heavy (non-hydrogen) atoms. The number of anilines is 2. The maximum absolute atomic E-state index is 13.4. The second-order valence-corrected chi connectivity index (χ2v) is 9.46. The van der Waals surface area contributed by atoms with Crippen molar-refractivity contribution in [2.75, 3.05) is 49.6 Å². The van der Waals surface area contributed by atoms with Crippen LogP contribution in [-0.2, 0) is 9.53 Å². The maximum Gasteiger partial charge on any atom is 0.256 e. The molecule has 1 aliphatic heterocycles. The van der Waals surface area contributed by atoms with E-state index in [1.165, 1.54) is 32.1 Å². The van der Waals surface area contributed by atoms with Crippen molar-refractivity contribution in [1.82, 2.24) is 9.47 Å². The first kappa shape index (κ1) is 24.3. The number of aromatic nitrogens is 1. The lowest BCUT2D eigenvalue weighted by atomic mass is 9.95. The molecule has 0 atom stereocenters. The molecule has 1 aromatic carbocycles. The summed E-state index contributed by atoms with van der Waals surface area (Å²) in [7, 11) is 0. The van der Waals surface area contributed by atoms with Gasteiger partial charge in [0, 0.05) is 48.4 Å². The van der Waals surface area contributed by atoms with Gasteiger partial charge in [0.05, 0.1) is 18.8 Å². The Hall–Kier alpha value is -2.80. The van der Waals surface area contributed by atoms with Crippen LogP contribution in [0.5, 0.6) is 0 Å². The summed E-state index contributed by atoms with van der Waals surface area (Å²) in [4.78, 5) is 30.0. The van der Waals surface area contributed by atoms with E-state index in [0.717, 1.165) is 49.1 Å². The van der Waals surface area contributed by atoms with Crippen LogP contribution in [0, 0.1) is 13.8 Å². The molecule has 2 heterocycles. The number of ether oxygens (including phenoxy) is 1. The number of carbonyl (C=O) groups is 2. The van der Waals surface area contributed by atoms with Gasteiger partial charge in [0.15, 0.2) is 0 Å². The number of carbonyl (C=O) groups excluding carboxylic acids is 2. The van der Waals surface area contributed by atoms with Gasteiger partial charge in [-0.25, -0.2) is 0 Å². The molecule has 2 aliphatic rings. The molecule has 1 saturated carbocycles. The number of hydrogen-bond donors (Lipinski definition) is 1. The van der Waals surface area contributed by atoms with Gasteiger partial charge in [-0.15, -0.1) is 0 Å². The van der Waals surface area contributed by atoms with E-state index in [1.54, 1.807) is 4.90 Å². The molecule has 2 amide bonds. The summed E-state index contributed by atoms with van der Waals surface area (Å²) in [5.74, 6) is -0.258. The van der Waals surface area contributed by atoms with E-state index < -0.39 is 0 Å². The minimum atomic E-state index is -0.185. The molecular formula is C27H38N4O3. The number of morpholine rings is 1. The predicted molar refractivity (Wildman–Crippen MR) is 136 cm³/mol. The minimum Gasteiger partial charge on any atom is -0.378 e.